The molecule has 0 amide bonds. The largest absolute Gasteiger partial charge is 0.392 e. The lowest BCUT2D eigenvalue weighted by Crippen LogP contribution is -1.68. The van der Waals surface area contributed by atoms with Gasteiger partial charge in [-0.15, -0.1) is 0 Å². The lowest BCUT2D eigenvalue weighted by Gasteiger charge is -1.69. The Morgan fingerprint density at radius 3 is 1.58 bits per heavy atom. The van der Waals surface area contributed by atoms with E-state index in [4.69, 9.17) is 10.2 Å². The van der Waals surface area contributed by atoms with Crippen LogP contribution in [-0.2, 0) is 0 Å². The van der Waals surface area contributed by atoms with Gasteiger partial charge in [-0.1, -0.05) is 24.0 Å². The van der Waals surface area contributed by atoms with Crippen molar-refractivity contribution >= 4 is 0 Å². The second kappa shape index (κ2) is 9.52. The lowest BCUT2D eigenvalue weighted by molar-refractivity contribution is 0.342. The minimum atomic E-state index is -0.00742. The summed E-state index contributed by atoms with van der Waals surface area (Å²) in [5, 5.41) is 16.6. The van der Waals surface area contributed by atoms with Crippen LogP contribution in [0, 0.1) is 23.7 Å². The van der Waals surface area contributed by atoms with Gasteiger partial charge in [-0.25, -0.2) is 0 Å². The van der Waals surface area contributed by atoms with Gasteiger partial charge in [-0.3, -0.25) is 0 Å². The fourth-order valence-corrected chi connectivity index (χ4v) is 0.379. The van der Waals surface area contributed by atoms with E-state index in [9.17, 15) is 0 Å². The average Bonchev–Trinajstić information content (AvgIpc) is 2.10. The fraction of sp³-hybridized carbons (Fsp3) is 0.200. The molecule has 2 nitrogen and oxygen atoms in total. The molecule has 0 atom stereocenters. The third kappa shape index (κ3) is 8.52. The molecule has 62 valence electrons. The highest BCUT2D eigenvalue weighted by molar-refractivity contribution is 5.33. The predicted molar refractivity (Wildman–Crippen MR) is 48.0 cm³/mol. The van der Waals surface area contributed by atoms with Crippen LogP contribution in [0.3, 0.4) is 0 Å². The molecule has 12 heavy (non-hydrogen) atoms. The zero-order valence-electron chi connectivity index (χ0n) is 6.62. The standard InChI is InChI=1S/C10H10O2/c11-9-7-5-3-1-2-4-6-8-10-12/h5-8,11-12H,9-10H2/b7-5+,8-6+. The number of allylic oxidation sites excluding steroid dienone is 2. The Bertz CT molecular complexity index is 236. The number of aliphatic hydroxyl groups is 2. The Morgan fingerprint density at radius 2 is 1.25 bits per heavy atom. The van der Waals surface area contributed by atoms with Crippen molar-refractivity contribution in [2.24, 2.45) is 0 Å². The highest BCUT2D eigenvalue weighted by atomic mass is 16.3. The number of hydrogen-bond acceptors (Lipinski definition) is 2. The lowest BCUT2D eigenvalue weighted by atomic mass is 10.4. The van der Waals surface area contributed by atoms with Crippen molar-refractivity contribution in [1.29, 1.82) is 0 Å². The zero-order valence-corrected chi connectivity index (χ0v) is 6.62. The van der Waals surface area contributed by atoms with E-state index in [1.54, 1.807) is 0 Å². The van der Waals surface area contributed by atoms with Crippen LogP contribution >= 0.6 is 0 Å². The maximum Gasteiger partial charge on any atom is 0.0621 e. The summed E-state index contributed by atoms with van der Waals surface area (Å²) in [5.74, 6) is 10.3. The Labute approximate surface area is 72.2 Å². The molecule has 0 saturated carbocycles. The molecule has 0 unspecified atom stereocenters. The third-order valence-corrected chi connectivity index (χ3v) is 0.820. The summed E-state index contributed by atoms with van der Waals surface area (Å²) in [6, 6.07) is 0. The second-order valence-electron chi connectivity index (χ2n) is 1.71. The van der Waals surface area contributed by atoms with E-state index < -0.39 is 0 Å². The molecule has 0 aliphatic carbocycles. The summed E-state index contributed by atoms with van der Waals surface area (Å²) >= 11 is 0. The van der Waals surface area contributed by atoms with Crippen LogP contribution in [0.15, 0.2) is 24.3 Å². The van der Waals surface area contributed by atoms with Gasteiger partial charge in [0.1, 0.15) is 0 Å². The molecule has 0 aromatic rings. The first-order valence-corrected chi connectivity index (χ1v) is 3.44. The average molecular weight is 162 g/mol. The Morgan fingerprint density at radius 1 is 0.833 bits per heavy atom. The van der Waals surface area contributed by atoms with Gasteiger partial charge in [0.25, 0.3) is 0 Å². The molecule has 0 saturated heterocycles. The molecule has 0 bridgehead atoms. The van der Waals surface area contributed by atoms with E-state index in [1.165, 1.54) is 24.3 Å². The molecule has 0 aromatic carbocycles. The maximum absolute atomic E-state index is 8.31. The number of hydrogen-bond donors (Lipinski definition) is 2. The molecule has 0 spiro atoms. The van der Waals surface area contributed by atoms with E-state index >= 15 is 0 Å². The molecule has 0 rings (SSSR count). The topological polar surface area (TPSA) is 40.5 Å². The van der Waals surface area contributed by atoms with Gasteiger partial charge in [0.15, 0.2) is 0 Å². The highest BCUT2D eigenvalue weighted by Gasteiger charge is 1.61. The summed E-state index contributed by atoms with van der Waals surface area (Å²) in [6.07, 6.45) is 6.12. The van der Waals surface area contributed by atoms with Crippen molar-refractivity contribution in [3.05, 3.63) is 24.3 Å². The van der Waals surface area contributed by atoms with Gasteiger partial charge >= 0.3 is 0 Å². The van der Waals surface area contributed by atoms with Gasteiger partial charge in [0, 0.05) is 0 Å². The summed E-state index contributed by atoms with van der Waals surface area (Å²) in [5.41, 5.74) is 0. The SMILES string of the molecule is OC/C=C/C#CC#C/C=C/CO. The summed E-state index contributed by atoms with van der Waals surface area (Å²) in [6.45, 7) is -0.0148. The monoisotopic (exact) mass is 162 g/mol. The van der Waals surface area contributed by atoms with Gasteiger partial charge in [-0.05, 0) is 24.0 Å². The van der Waals surface area contributed by atoms with Gasteiger partial charge in [0.05, 0.1) is 13.2 Å². The van der Waals surface area contributed by atoms with Crippen molar-refractivity contribution in [3.63, 3.8) is 0 Å². The summed E-state index contributed by atoms with van der Waals surface area (Å²) in [7, 11) is 0. The molecular formula is C10H10O2. The van der Waals surface area contributed by atoms with E-state index in [0.717, 1.165) is 0 Å². The highest BCUT2D eigenvalue weighted by Crippen LogP contribution is 1.67. The Balaban J connectivity index is 3.73. The van der Waals surface area contributed by atoms with Crippen molar-refractivity contribution in [2.45, 2.75) is 0 Å². The minimum absolute atomic E-state index is 0.00742. The summed E-state index contributed by atoms with van der Waals surface area (Å²) in [4.78, 5) is 0. The first-order valence-electron chi connectivity index (χ1n) is 3.44. The van der Waals surface area contributed by atoms with Crippen molar-refractivity contribution < 1.29 is 10.2 Å². The summed E-state index contributed by atoms with van der Waals surface area (Å²) < 4.78 is 0. The van der Waals surface area contributed by atoms with E-state index in [2.05, 4.69) is 23.7 Å². The van der Waals surface area contributed by atoms with E-state index in [1.807, 2.05) is 0 Å². The van der Waals surface area contributed by atoms with Crippen LogP contribution in [-0.4, -0.2) is 23.4 Å². The van der Waals surface area contributed by atoms with Crippen LogP contribution in [0.2, 0.25) is 0 Å². The molecule has 0 radical (unpaired) electrons. The second-order valence-corrected chi connectivity index (χ2v) is 1.71. The van der Waals surface area contributed by atoms with Crippen molar-refractivity contribution in [2.75, 3.05) is 13.2 Å². The fourth-order valence-electron chi connectivity index (χ4n) is 0.379. The molecule has 0 aromatic heterocycles. The van der Waals surface area contributed by atoms with Gasteiger partial charge < -0.3 is 10.2 Å². The zero-order chi connectivity index (χ0) is 9.07. The van der Waals surface area contributed by atoms with Crippen LogP contribution in [0.25, 0.3) is 0 Å². The van der Waals surface area contributed by atoms with Crippen LogP contribution in [0.4, 0.5) is 0 Å². The predicted octanol–water partition coefficient (Wildman–Crippen LogP) is 0.0902. The minimum Gasteiger partial charge on any atom is -0.392 e. The smallest absolute Gasteiger partial charge is 0.0621 e. The Kier molecular flexibility index (Phi) is 8.35. The molecule has 0 heterocycles. The molecular weight excluding hydrogens is 152 g/mol. The quantitative estimate of drug-likeness (QED) is 0.565. The molecule has 0 fully saturated rings. The van der Waals surface area contributed by atoms with Crippen molar-refractivity contribution in [3.8, 4) is 23.7 Å². The van der Waals surface area contributed by atoms with Crippen LogP contribution < -0.4 is 0 Å². The maximum atomic E-state index is 8.31. The molecule has 2 N–H and O–H groups in total. The van der Waals surface area contributed by atoms with E-state index in [0.29, 0.717) is 0 Å². The van der Waals surface area contributed by atoms with Gasteiger partial charge in [0.2, 0.25) is 0 Å². The number of aliphatic hydroxyl groups excluding tert-OH is 2. The molecule has 0 aliphatic heterocycles. The first kappa shape index (κ1) is 10.5. The van der Waals surface area contributed by atoms with E-state index in [-0.39, 0.29) is 13.2 Å². The molecule has 0 aliphatic rings. The molecule has 2 heteroatoms. The van der Waals surface area contributed by atoms with Gasteiger partial charge in [-0.2, -0.15) is 0 Å². The normalized spacial score (nSPS) is 9.17. The first-order chi connectivity index (χ1) is 5.91. The number of rotatable bonds is 2. The van der Waals surface area contributed by atoms with Crippen molar-refractivity contribution in [1.82, 2.24) is 0 Å². The van der Waals surface area contributed by atoms with Crippen LogP contribution in [0.5, 0.6) is 0 Å². The van der Waals surface area contributed by atoms with Crippen LogP contribution in [0.1, 0.15) is 0 Å². The third-order valence-electron chi connectivity index (χ3n) is 0.820. The Hall–Kier alpha value is -1.48.